The minimum atomic E-state index is -0.313. The third kappa shape index (κ3) is 3.85. The van der Waals surface area contributed by atoms with E-state index in [0.717, 1.165) is 10.6 Å². The van der Waals surface area contributed by atoms with Crippen molar-refractivity contribution in [2.24, 2.45) is 5.92 Å². The van der Waals surface area contributed by atoms with Crippen LogP contribution in [0.25, 0.3) is 0 Å². The molecule has 0 bridgehead atoms. The molecule has 0 radical (unpaired) electrons. The minimum Gasteiger partial charge on any atom is -0.492 e. The van der Waals surface area contributed by atoms with Gasteiger partial charge in [-0.1, -0.05) is 18.2 Å². The van der Waals surface area contributed by atoms with Crippen LogP contribution in [0.5, 0.6) is 5.75 Å². The van der Waals surface area contributed by atoms with Gasteiger partial charge in [-0.3, -0.25) is 9.59 Å². The Hall–Kier alpha value is -2.34. The molecule has 0 saturated carbocycles. The molecular formula is C19H22N2O3S. The Balaban J connectivity index is 1.71. The van der Waals surface area contributed by atoms with Gasteiger partial charge in [0.05, 0.1) is 24.8 Å². The van der Waals surface area contributed by atoms with Crippen LogP contribution >= 0.6 is 11.3 Å². The zero-order valence-electron chi connectivity index (χ0n) is 14.5. The van der Waals surface area contributed by atoms with Gasteiger partial charge in [0.1, 0.15) is 5.75 Å². The summed E-state index contributed by atoms with van der Waals surface area (Å²) in [4.78, 5) is 29.7. The Kier molecular flexibility index (Phi) is 5.38. The summed E-state index contributed by atoms with van der Waals surface area (Å²) in [5, 5.41) is 2.00. The van der Waals surface area contributed by atoms with Crippen LogP contribution in [-0.4, -0.2) is 36.9 Å². The fourth-order valence-electron chi connectivity index (χ4n) is 3.09. The average molecular weight is 358 g/mol. The van der Waals surface area contributed by atoms with Crippen molar-refractivity contribution in [2.75, 3.05) is 25.1 Å². The molecule has 1 saturated heterocycles. The van der Waals surface area contributed by atoms with Crippen LogP contribution in [0.1, 0.15) is 18.2 Å². The Morgan fingerprint density at radius 2 is 2.12 bits per heavy atom. The highest BCUT2D eigenvalue weighted by Gasteiger charge is 2.37. The highest BCUT2D eigenvalue weighted by atomic mass is 32.1. The summed E-state index contributed by atoms with van der Waals surface area (Å²) in [7, 11) is 1.79. The van der Waals surface area contributed by atoms with Gasteiger partial charge in [-0.15, -0.1) is 11.3 Å². The van der Waals surface area contributed by atoms with E-state index in [-0.39, 0.29) is 24.2 Å². The second-order valence-corrected chi connectivity index (χ2v) is 7.11. The van der Waals surface area contributed by atoms with Crippen LogP contribution in [0, 0.1) is 5.92 Å². The standard InChI is InChI=1S/C19H22N2O3S/c1-3-24-17-9-5-4-8-16(17)21-12-14(11-18(21)22)19(23)20(2)13-15-7-6-10-25-15/h4-10,14H,3,11-13H2,1-2H3. The number of thiophene rings is 1. The molecule has 1 aliphatic rings. The van der Waals surface area contributed by atoms with Gasteiger partial charge in [-0.2, -0.15) is 0 Å². The van der Waals surface area contributed by atoms with Crippen molar-refractivity contribution < 1.29 is 14.3 Å². The van der Waals surface area contributed by atoms with E-state index < -0.39 is 0 Å². The van der Waals surface area contributed by atoms with Crippen molar-refractivity contribution >= 4 is 28.8 Å². The van der Waals surface area contributed by atoms with Crippen molar-refractivity contribution in [2.45, 2.75) is 19.9 Å². The molecule has 25 heavy (non-hydrogen) atoms. The molecule has 1 unspecified atom stereocenters. The molecule has 132 valence electrons. The summed E-state index contributed by atoms with van der Waals surface area (Å²) >= 11 is 1.63. The molecule has 2 aromatic rings. The number of nitrogens with zero attached hydrogens (tertiary/aromatic N) is 2. The van der Waals surface area contributed by atoms with Gasteiger partial charge in [0.2, 0.25) is 11.8 Å². The van der Waals surface area contributed by atoms with E-state index in [2.05, 4.69) is 0 Å². The van der Waals surface area contributed by atoms with Gasteiger partial charge in [0, 0.05) is 24.9 Å². The molecule has 0 N–H and O–H groups in total. The number of amides is 2. The van der Waals surface area contributed by atoms with E-state index in [0.29, 0.717) is 25.4 Å². The number of carbonyl (C=O) groups excluding carboxylic acids is 2. The normalized spacial score (nSPS) is 17.0. The molecule has 5 nitrogen and oxygen atoms in total. The summed E-state index contributed by atoms with van der Waals surface area (Å²) in [6, 6.07) is 11.5. The van der Waals surface area contributed by atoms with Crippen LogP contribution < -0.4 is 9.64 Å². The number of ether oxygens (including phenoxy) is 1. The lowest BCUT2D eigenvalue weighted by molar-refractivity contribution is -0.135. The van der Waals surface area contributed by atoms with Crippen LogP contribution in [0.4, 0.5) is 5.69 Å². The molecule has 1 atom stereocenters. The molecule has 0 aliphatic carbocycles. The summed E-state index contributed by atoms with van der Waals surface area (Å²) in [6.45, 7) is 3.42. The molecule has 2 amide bonds. The molecule has 1 aromatic carbocycles. The van der Waals surface area contributed by atoms with E-state index in [1.165, 1.54) is 0 Å². The first-order chi connectivity index (χ1) is 12.1. The van der Waals surface area contributed by atoms with E-state index in [9.17, 15) is 9.59 Å². The monoisotopic (exact) mass is 358 g/mol. The average Bonchev–Trinajstić information content (AvgIpc) is 3.24. The maximum absolute atomic E-state index is 12.7. The number of hydrogen-bond donors (Lipinski definition) is 0. The van der Waals surface area contributed by atoms with Gasteiger partial charge in [-0.25, -0.2) is 0 Å². The smallest absolute Gasteiger partial charge is 0.228 e. The van der Waals surface area contributed by atoms with E-state index in [1.807, 2.05) is 48.7 Å². The van der Waals surface area contributed by atoms with Crippen LogP contribution in [-0.2, 0) is 16.1 Å². The van der Waals surface area contributed by atoms with Crippen LogP contribution in [0.15, 0.2) is 41.8 Å². The number of rotatable bonds is 6. The van der Waals surface area contributed by atoms with Gasteiger partial charge in [0.25, 0.3) is 0 Å². The fourth-order valence-corrected chi connectivity index (χ4v) is 3.85. The van der Waals surface area contributed by atoms with Gasteiger partial charge in [-0.05, 0) is 30.5 Å². The second kappa shape index (κ2) is 7.70. The van der Waals surface area contributed by atoms with E-state index in [1.54, 1.807) is 28.2 Å². The first-order valence-electron chi connectivity index (χ1n) is 8.39. The fraction of sp³-hybridized carbons (Fsp3) is 0.368. The molecule has 6 heteroatoms. The molecular weight excluding hydrogens is 336 g/mol. The number of para-hydroxylation sites is 2. The Morgan fingerprint density at radius 1 is 1.32 bits per heavy atom. The number of carbonyl (C=O) groups is 2. The first-order valence-corrected chi connectivity index (χ1v) is 9.27. The highest BCUT2D eigenvalue weighted by molar-refractivity contribution is 7.09. The first kappa shape index (κ1) is 17.5. The second-order valence-electron chi connectivity index (χ2n) is 6.08. The summed E-state index contributed by atoms with van der Waals surface area (Å²) in [5.74, 6) is 0.346. The molecule has 1 aliphatic heterocycles. The lowest BCUT2D eigenvalue weighted by Gasteiger charge is -2.22. The predicted octanol–water partition coefficient (Wildman–Crippen LogP) is 3.16. The highest BCUT2D eigenvalue weighted by Crippen LogP contribution is 2.33. The van der Waals surface area contributed by atoms with Crippen molar-refractivity contribution in [1.29, 1.82) is 0 Å². The largest absolute Gasteiger partial charge is 0.492 e. The topological polar surface area (TPSA) is 49.9 Å². The van der Waals surface area contributed by atoms with Crippen LogP contribution in [0.2, 0.25) is 0 Å². The maximum atomic E-state index is 12.7. The summed E-state index contributed by atoms with van der Waals surface area (Å²) < 4.78 is 5.62. The Bertz CT molecular complexity index is 745. The number of benzene rings is 1. The van der Waals surface area contributed by atoms with Crippen molar-refractivity contribution in [3.63, 3.8) is 0 Å². The van der Waals surface area contributed by atoms with Gasteiger partial charge < -0.3 is 14.5 Å². The summed E-state index contributed by atoms with van der Waals surface area (Å²) in [6.07, 6.45) is 0.244. The zero-order valence-corrected chi connectivity index (χ0v) is 15.3. The van der Waals surface area contributed by atoms with Crippen LogP contribution in [0.3, 0.4) is 0 Å². The lowest BCUT2D eigenvalue weighted by atomic mass is 10.1. The van der Waals surface area contributed by atoms with E-state index >= 15 is 0 Å². The third-order valence-corrected chi connectivity index (χ3v) is 5.14. The molecule has 3 rings (SSSR count). The van der Waals surface area contributed by atoms with Gasteiger partial charge >= 0.3 is 0 Å². The predicted molar refractivity (Wildman–Crippen MR) is 98.9 cm³/mol. The molecule has 2 heterocycles. The van der Waals surface area contributed by atoms with E-state index in [4.69, 9.17) is 4.74 Å². The van der Waals surface area contributed by atoms with Crippen molar-refractivity contribution in [3.05, 3.63) is 46.7 Å². The lowest BCUT2D eigenvalue weighted by Crippen LogP contribution is -2.34. The van der Waals surface area contributed by atoms with Crippen molar-refractivity contribution in [1.82, 2.24) is 4.90 Å². The van der Waals surface area contributed by atoms with Gasteiger partial charge in [0.15, 0.2) is 0 Å². The Labute approximate surface area is 151 Å². The zero-order chi connectivity index (χ0) is 17.8. The number of hydrogen-bond acceptors (Lipinski definition) is 4. The maximum Gasteiger partial charge on any atom is 0.228 e. The molecule has 0 spiro atoms. The molecule has 1 aromatic heterocycles. The minimum absolute atomic E-state index is 0.0122. The molecule has 1 fully saturated rings. The quantitative estimate of drug-likeness (QED) is 0.797. The Morgan fingerprint density at radius 3 is 2.84 bits per heavy atom. The number of anilines is 1. The SMILES string of the molecule is CCOc1ccccc1N1CC(C(=O)N(C)Cc2cccs2)CC1=O. The van der Waals surface area contributed by atoms with Crippen molar-refractivity contribution in [3.8, 4) is 5.75 Å². The third-order valence-electron chi connectivity index (χ3n) is 4.28. The summed E-state index contributed by atoms with van der Waals surface area (Å²) in [5.41, 5.74) is 0.741.